The van der Waals surface area contributed by atoms with E-state index in [9.17, 15) is 4.79 Å². The summed E-state index contributed by atoms with van der Waals surface area (Å²) in [6, 6.07) is 18.5. The van der Waals surface area contributed by atoms with Crippen molar-refractivity contribution in [1.29, 1.82) is 5.59 Å². The number of hydrogen-bond donors (Lipinski definition) is 2. The topological polar surface area (TPSA) is 84.0 Å². The van der Waals surface area contributed by atoms with Crippen LogP contribution in [-0.2, 0) is 0 Å². The zero-order chi connectivity index (χ0) is 26.1. The molecule has 2 fully saturated rings. The lowest BCUT2D eigenvalue weighted by molar-refractivity contribution is 0.112. The third kappa shape index (κ3) is 4.27. The Morgan fingerprint density at radius 3 is 1.62 bits per heavy atom. The van der Waals surface area contributed by atoms with Crippen LogP contribution in [0.3, 0.4) is 0 Å². The molecule has 2 saturated carbocycles. The van der Waals surface area contributed by atoms with Crippen molar-refractivity contribution in [2.45, 2.75) is 77.2 Å². The Balaban J connectivity index is 0.000000306. The molecule has 0 unspecified atom stereocenters. The lowest BCUT2D eigenvalue weighted by Gasteiger charge is -2.21. The molecule has 4 heteroatoms. The molecule has 0 aliphatic heterocycles. The Hall–Kier alpha value is -3.37. The third-order valence-corrected chi connectivity index (χ3v) is 8.70. The van der Waals surface area contributed by atoms with Crippen LogP contribution in [0, 0.1) is 24.3 Å². The van der Waals surface area contributed by atoms with Gasteiger partial charge in [0.1, 0.15) is 0 Å². The molecule has 0 saturated heterocycles. The van der Waals surface area contributed by atoms with E-state index < -0.39 is 0 Å². The number of nitrogens with two attached hydrogens (primary N) is 1. The van der Waals surface area contributed by atoms with Gasteiger partial charge in [0.25, 0.3) is 0 Å². The predicted molar refractivity (Wildman–Crippen MR) is 156 cm³/mol. The fourth-order valence-electron chi connectivity index (χ4n) is 6.93. The molecular weight excluding hydrogens is 456 g/mol. The standard InChI is InChI=1S/C28H24O.C5H11N.HNO/c1-16-7-10-21-24-14-13-20(18-5-3-4-6-18)26-17(2)8-11-22(28(24)26)23-12-9-19(15-29)25(16)27(21)23;6-5-3-1-2-4-5;1-2/h7-15,18H,3-6H2,1-2H3;5H,1-4,6H2;1H. The number of hydrogen-bond acceptors (Lipinski definition) is 4. The molecule has 5 aromatic carbocycles. The number of aryl methyl sites for hydroxylation is 2. The highest BCUT2D eigenvalue weighted by Gasteiger charge is 2.23. The normalized spacial score (nSPS) is 16.3. The van der Waals surface area contributed by atoms with Gasteiger partial charge in [0.2, 0.25) is 0 Å². The van der Waals surface area contributed by atoms with Crippen molar-refractivity contribution in [3.05, 3.63) is 75.7 Å². The van der Waals surface area contributed by atoms with E-state index in [0.29, 0.717) is 12.0 Å². The number of nitrogens with one attached hydrogen (secondary N) is 1. The molecule has 3 N–H and O–H groups in total. The summed E-state index contributed by atoms with van der Waals surface area (Å²) in [5.74, 6) is 0.690. The van der Waals surface area contributed by atoms with Gasteiger partial charge in [-0.3, -0.25) is 4.79 Å². The van der Waals surface area contributed by atoms with Crippen molar-refractivity contribution in [2.75, 3.05) is 0 Å². The lowest BCUT2D eigenvalue weighted by atomic mass is 9.82. The lowest BCUT2D eigenvalue weighted by Crippen LogP contribution is -2.13. The Morgan fingerprint density at radius 2 is 1.11 bits per heavy atom. The van der Waals surface area contributed by atoms with Gasteiger partial charge in [-0.05, 0) is 105 Å². The molecule has 0 bridgehead atoms. The first-order valence-corrected chi connectivity index (χ1v) is 13.6. The Kier molecular flexibility index (Phi) is 7.21. The van der Waals surface area contributed by atoms with Crippen LogP contribution in [0.1, 0.15) is 84.3 Å². The van der Waals surface area contributed by atoms with Crippen molar-refractivity contribution in [3.8, 4) is 0 Å². The van der Waals surface area contributed by atoms with E-state index in [-0.39, 0.29) is 0 Å². The van der Waals surface area contributed by atoms with Crippen LogP contribution in [0.4, 0.5) is 0 Å². The quantitative estimate of drug-likeness (QED) is 0.112. The van der Waals surface area contributed by atoms with Crippen LogP contribution < -0.4 is 5.73 Å². The van der Waals surface area contributed by atoms with Crippen molar-refractivity contribution in [3.63, 3.8) is 0 Å². The average Bonchev–Trinajstić information content (AvgIpc) is 3.64. The molecule has 2 aliphatic carbocycles. The van der Waals surface area contributed by atoms with Crippen LogP contribution in [0.5, 0.6) is 0 Å². The monoisotopic (exact) mass is 492 g/mol. The fraction of sp³-hybridized carbons (Fsp3) is 0.364. The van der Waals surface area contributed by atoms with Gasteiger partial charge >= 0.3 is 0 Å². The predicted octanol–water partition coefficient (Wildman–Crippen LogP) is 9.04. The van der Waals surface area contributed by atoms with E-state index in [1.165, 1.54) is 106 Å². The minimum absolute atomic E-state index is 0.546. The van der Waals surface area contributed by atoms with Crippen LogP contribution in [0.15, 0.2) is 48.5 Å². The summed E-state index contributed by atoms with van der Waals surface area (Å²) >= 11 is 0. The maximum absolute atomic E-state index is 11.8. The summed E-state index contributed by atoms with van der Waals surface area (Å²) in [6.07, 6.45) is 11.6. The van der Waals surface area contributed by atoms with E-state index in [1.807, 2.05) is 6.07 Å². The average molecular weight is 493 g/mol. The van der Waals surface area contributed by atoms with Gasteiger partial charge in [0.05, 0.1) is 0 Å². The second kappa shape index (κ2) is 10.5. The number of rotatable bonds is 2. The van der Waals surface area contributed by atoms with E-state index in [2.05, 4.69) is 61.9 Å². The highest BCUT2D eigenvalue weighted by molar-refractivity contribution is 6.34. The van der Waals surface area contributed by atoms with Crippen LogP contribution >= 0.6 is 0 Å². The summed E-state index contributed by atoms with van der Waals surface area (Å²) in [5, 5.41) is 10.4. The third-order valence-electron chi connectivity index (χ3n) is 8.70. The van der Waals surface area contributed by atoms with E-state index >= 15 is 0 Å². The summed E-state index contributed by atoms with van der Waals surface area (Å²) in [7, 11) is 0. The van der Waals surface area contributed by atoms with Gasteiger partial charge in [-0.1, -0.05) is 79.8 Å². The molecular formula is C33H36N2O2. The molecule has 0 spiro atoms. The fourth-order valence-corrected chi connectivity index (χ4v) is 6.93. The van der Waals surface area contributed by atoms with Crippen molar-refractivity contribution in [2.24, 2.45) is 5.73 Å². The first-order valence-electron chi connectivity index (χ1n) is 13.6. The van der Waals surface area contributed by atoms with Crippen molar-refractivity contribution in [1.82, 2.24) is 0 Å². The maximum atomic E-state index is 11.8. The maximum Gasteiger partial charge on any atom is 0.150 e. The molecule has 37 heavy (non-hydrogen) atoms. The first-order chi connectivity index (χ1) is 18.1. The van der Waals surface area contributed by atoms with Crippen LogP contribution in [-0.4, -0.2) is 12.3 Å². The van der Waals surface area contributed by atoms with E-state index in [1.54, 1.807) is 0 Å². The number of carbonyl (C=O) groups excluding carboxylic acids is 1. The molecule has 0 aromatic heterocycles. The van der Waals surface area contributed by atoms with Crippen LogP contribution in [0.25, 0.3) is 43.1 Å². The highest BCUT2D eigenvalue weighted by atomic mass is 16.2. The molecule has 0 amide bonds. The van der Waals surface area contributed by atoms with Gasteiger partial charge in [-0.25, -0.2) is 0 Å². The molecule has 4 nitrogen and oxygen atoms in total. The minimum Gasteiger partial charge on any atom is -0.328 e. The second-order valence-electron chi connectivity index (χ2n) is 10.9. The molecule has 5 aromatic rings. The molecule has 0 heterocycles. The van der Waals surface area contributed by atoms with Crippen molar-refractivity contribution >= 4 is 49.4 Å². The zero-order valence-corrected chi connectivity index (χ0v) is 21.9. The van der Waals surface area contributed by atoms with E-state index in [4.69, 9.17) is 10.6 Å². The summed E-state index contributed by atoms with van der Waals surface area (Å²) in [5.41, 5.74) is 14.9. The number of benzene rings is 5. The highest BCUT2D eigenvalue weighted by Crippen LogP contribution is 2.46. The van der Waals surface area contributed by atoms with Crippen molar-refractivity contribution < 1.29 is 4.79 Å². The van der Waals surface area contributed by atoms with E-state index in [0.717, 1.165) is 17.2 Å². The van der Waals surface area contributed by atoms with Crippen LogP contribution in [0.2, 0.25) is 0 Å². The molecule has 0 atom stereocenters. The Morgan fingerprint density at radius 1 is 0.649 bits per heavy atom. The molecule has 2 aliphatic rings. The molecule has 190 valence electrons. The minimum atomic E-state index is 0.546. The smallest absolute Gasteiger partial charge is 0.150 e. The number of aldehydes is 1. The van der Waals surface area contributed by atoms with Gasteiger partial charge in [0.15, 0.2) is 6.29 Å². The number of carbonyl (C=O) groups is 1. The summed E-state index contributed by atoms with van der Waals surface area (Å²) in [4.78, 5) is 19.3. The second-order valence-corrected chi connectivity index (χ2v) is 10.9. The zero-order valence-electron chi connectivity index (χ0n) is 21.9. The van der Waals surface area contributed by atoms with Gasteiger partial charge < -0.3 is 5.73 Å². The number of nitroso groups, excluding NO2 is 1. The number of fused-ring (bicyclic) bond motifs is 2. The SMILES string of the molecule is Cc1ccc2c3ccc(C4CCCC4)c4c(C)ccc(c5ccc(C=O)c1c52)c43.N=O.NC1CCCC1. The van der Waals surface area contributed by atoms with Gasteiger partial charge in [-0.2, -0.15) is 4.91 Å². The largest absolute Gasteiger partial charge is 0.328 e. The molecule has 0 radical (unpaired) electrons. The summed E-state index contributed by atoms with van der Waals surface area (Å²) < 4.78 is 0. The molecule has 7 rings (SSSR count). The van der Waals surface area contributed by atoms with Gasteiger partial charge in [0, 0.05) is 11.6 Å². The Labute approximate surface area is 218 Å². The van der Waals surface area contributed by atoms with Gasteiger partial charge in [-0.15, -0.1) is 0 Å². The first kappa shape index (κ1) is 25.3. The summed E-state index contributed by atoms with van der Waals surface area (Å²) in [6.45, 7) is 4.37. The Bertz CT molecular complexity index is 1560.